The number of amides is 1. The highest BCUT2D eigenvalue weighted by Gasteiger charge is 2.35. The zero-order valence-corrected chi connectivity index (χ0v) is 14.4. The number of hydrogen-bond acceptors (Lipinski definition) is 5. The van der Waals surface area contributed by atoms with Gasteiger partial charge in [0.15, 0.2) is 6.10 Å². The molecule has 2 aromatic rings. The maximum absolute atomic E-state index is 13.1. The third-order valence-corrected chi connectivity index (χ3v) is 3.53. The van der Waals surface area contributed by atoms with Gasteiger partial charge in [0.1, 0.15) is 6.20 Å². The van der Waals surface area contributed by atoms with Gasteiger partial charge in [0, 0.05) is 0 Å². The molecule has 1 heterocycles. The summed E-state index contributed by atoms with van der Waals surface area (Å²) in [5, 5.41) is 13.2. The second kappa shape index (κ2) is 8.02. The summed E-state index contributed by atoms with van der Waals surface area (Å²) in [6, 6.07) is 7.15. The molecule has 0 bridgehead atoms. The molecule has 1 unspecified atom stereocenters. The Kier molecular flexibility index (Phi) is 5.98. The second-order valence-corrected chi connectivity index (χ2v) is 5.90. The minimum atomic E-state index is -4.65. The molecule has 0 saturated carbocycles. The van der Waals surface area contributed by atoms with Gasteiger partial charge in [-0.15, -0.1) is 0 Å². The van der Waals surface area contributed by atoms with Crippen molar-refractivity contribution in [2.24, 2.45) is 5.92 Å². The Balaban J connectivity index is 2.29. The van der Waals surface area contributed by atoms with Gasteiger partial charge in [-0.2, -0.15) is 13.2 Å². The predicted molar refractivity (Wildman–Crippen MR) is 90.2 cm³/mol. The van der Waals surface area contributed by atoms with Crippen molar-refractivity contribution in [1.82, 2.24) is 4.98 Å². The first-order valence-electron chi connectivity index (χ1n) is 7.84. The van der Waals surface area contributed by atoms with E-state index >= 15 is 0 Å². The average molecular weight is 383 g/mol. The highest BCUT2D eigenvalue weighted by atomic mass is 19.4. The van der Waals surface area contributed by atoms with Crippen LogP contribution >= 0.6 is 0 Å². The van der Waals surface area contributed by atoms with Crippen molar-refractivity contribution in [2.45, 2.75) is 26.1 Å². The number of hydrogen-bond donors (Lipinski definition) is 1. The van der Waals surface area contributed by atoms with Crippen LogP contribution in [0, 0.1) is 16.0 Å². The lowest BCUT2D eigenvalue weighted by Gasteiger charge is -2.22. The smallest absolute Gasteiger partial charge is 0.418 e. The van der Waals surface area contributed by atoms with E-state index in [9.17, 15) is 28.1 Å². The number of para-hydroxylation sites is 1. The number of nitro groups is 1. The van der Waals surface area contributed by atoms with Crippen molar-refractivity contribution >= 4 is 17.4 Å². The van der Waals surface area contributed by atoms with Crippen LogP contribution in [0.2, 0.25) is 0 Å². The molecule has 0 aliphatic rings. The molecule has 1 amide bonds. The first-order valence-corrected chi connectivity index (χ1v) is 7.84. The van der Waals surface area contributed by atoms with Crippen LogP contribution in [0.25, 0.3) is 0 Å². The van der Waals surface area contributed by atoms with E-state index in [1.54, 1.807) is 13.8 Å². The van der Waals surface area contributed by atoms with Crippen LogP contribution in [0.15, 0.2) is 42.6 Å². The van der Waals surface area contributed by atoms with Gasteiger partial charge in [-0.3, -0.25) is 4.79 Å². The number of aromatic nitrogens is 1. The molecule has 10 heteroatoms. The summed E-state index contributed by atoms with van der Waals surface area (Å²) in [7, 11) is 0. The Morgan fingerprint density at radius 3 is 2.48 bits per heavy atom. The lowest BCUT2D eigenvalue weighted by atomic mass is 10.1. The molecule has 1 aromatic carbocycles. The number of ether oxygens (including phenoxy) is 1. The van der Waals surface area contributed by atoms with Crippen LogP contribution in [-0.4, -0.2) is 21.9 Å². The lowest BCUT2D eigenvalue weighted by Crippen LogP contribution is -2.37. The second-order valence-electron chi connectivity index (χ2n) is 5.90. The summed E-state index contributed by atoms with van der Waals surface area (Å²) < 4.78 is 44.7. The number of alkyl halides is 3. The molecule has 2 rings (SSSR count). The van der Waals surface area contributed by atoms with Gasteiger partial charge < -0.3 is 20.2 Å². The highest BCUT2D eigenvalue weighted by Crippen LogP contribution is 2.35. The standard InChI is InChI=1S/C17H16F3N3O4/c1-10(2)14(27-13-8-5-9-21-15(13)23(25)26)16(24)22-12-7-4-3-6-11(12)17(18,19)20/h3-10,14H,1-2H3,(H,22,24). The van der Waals surface area contributed by atoms with Gasteiger partial charge in [-0.05, 0) is 40.1 Å². The molecule has 7 nitrogen and oxygen atoms in total. The van der Waals surface area contributed by atoms with Crippen molar-refractivity contribution in [1.29, 1.82) is 0 Å². The Hall–Kier alpha value is -3.17. The molecular formula is C17H16F3N3O4. The number of benzene rings is 1. The summed E-state index contributed by atoms with van der Waals surface area (Å²) >= 11 is 0. The third-order valence-electron chi connectivity index (χ3n) is 3.53. The van der Waals surface area contributed by atoms with E-state index in [0.717, 1.165) is 12.1 Å². The highest BCUT2D eigenvalue weighted by molar-refractivity contribution is 5.95. The molecule has 0 spiro atoms. The van der Waals surface area contributed by atoms with Crippen LogP contribution in [0.1, 0.15) is 19.4 Å². The molecule has 1 N–H and O–H groups in total. The largest absolute Gasteiger partial charge is 0.472 e. The molecule has 27 heavy (non-hydrogen) atoms. The summed E-state index contributed by atoms with van der Waals surface area (Å²) in [5.41, 5.74) is -1.43. The fourth-order valence-corrected chi connectivity index (χ4v) is 2.28. The van der Waals surface area contributed by atoms with Gasteiger partial charge in [-0.1, -0.05) is 26.0 Å². The van der Waals surface area contributed by atoms with Gasteiger partial charge >= 0.3 is 12.0 Å². The molecular weight excluding hydrogens is 367 g/mol. The molecule has 1 atom stereocenters. The summed E-state index contributed by atoms with van der Waals surface area (Å²) in [5.74, 6) is -2.19. The molecule has 0 fully saturated rings. The van der Waals surface area contributed by atoms with E-state index in [-0.39, 0.29) is 5.75 Å². The van der Waals surface area contributed by atoms with Crippen LogP contribution in [-0.2, 0) is 11.0 Å². The number of carbonyl (C=O) groups excluding carboxylic acids is 1. The molecule has 0 aliphatic carbocycles. The molecule has 0 radical (unpaired) electrons. The van der Waals surface area contributed by atoms with E-state index in [2.05, 4.69) is 10.3 Å². The zero-order valence-electron chi connectivity index (χ0n) is 14.4. The van der Waals surface area contributed by atoms with Gasteiger partial charge in [-0.25, -0.2) is 0 Å². The predicted octanol–water partition coefficient (Wildman–Crippen LogP) is 4.05. The number of nitrogens with one attached hydrogen (secondary N) is 1. The Bertz CT molecular complexity index is 840. The van der Waals surface area contributed by atoms with Gasteiger partial charge in [0.2, 0.25) is 5.75 Å². The topological polar surface area (TPSA) is 94.4 Å². The van der Waals surface area contributed by atoms with Gasteiger partial charge in [0.25, 0.3) is 5.91 Å². The SMILES string of the molecule is CC(C)C(Oc1cccnc1[N+](=O)[O-])C(=O)Nc1ccccc1C(F)(F)F. The van der Waals surface area contributed by atoms with E-state index in [1.165, 1.54) is 30.5 Å². The number of nitrogens with zero attached hydrogens (tertiary/aromatic N) is 2. The maximum Gasteiger partial charge on any atom is 0.418 e. The summed E-state index contributed by atoms with van der Waals surface area (Å²) in [4.78, 5) is 26.4. The minimum absolute atomic E-state index is 0.250. The fraction of sp³-hybridized carbons (Fsp3) is 0.294. The van der Waals surface area contributed by atoms with Crippen LogP contribution in [0.3, 0.4) is 0 Å². The van der Waals surface area contributed by atoms with Crippen molar-refractivity contribution in [3.05, 3.63) is 58.3 Å². The maximum atomic E-state index is 13.1. The Morgan fingerprint density at radius 2 is 1.89 bits per heavy atom. The Morgan fingerprint density at radius 1 is 1.22 bits per heavy atom. The van der Waals surface area contributed by atoms with Crippen molar-refractivity contribution in [3.63, 3.8) is 0 Å². The minimum Gasteiger partial charge on any atom is -0.472 e. The fourth-order valence-electron chi connectivity index (χ4n) is 2.28. The van der Waals surface area contributed by atoms with E-state index in [0.29, 0.717) is 0 Å². The number of rotatable bonds is 6. The van der Waals surface area contributed by atoms with Crippen molar-refractivity contribution in [2.75, 3.05) is 5.32 Å². The van der Waals surface area contributed by atoms with Crippen LogP contribution < -0.4 is 10.1 Å². The van der Waals surface area contributed by atoms with E-state index in [4.69, 9.17) is 4.74 Å². The van der Waals surface area contributed by atoms with Crippen LogP contribution in [0.5, 0.6) is 5.75 Å². The number of pyridine rings is 1. The van der Waals surface area contributed by atoms with Crippen molar-refractivity contribution in [3.8, 4) is 5.75 Å². The average Bonchev–Trinajstić information content (AvgIpc) is 2.59. The quantitative estimate of drug-likeness (QED) is 0.600. The zero-order chi connectivity index (χ0) is 20.2. The van der Waals surface area contributed by atoms with Crippen LogP contribution in [0.4, 0.5) is 24.7 Å². The first kappa shape index (κ1) is 20.1. The third kappa shape index (κ3) is 4.93. The van der Waals surface area contributed by atoms with E-state index < -0.39 is 46.1 Å². The molecule has 0 aliphatic heterocycles. The Labute approximate surface area is 152 Å². The number of carbonyl (C=O) groups is 1. The number of anilines is 1. The van der Waals surface area contributed by atoms with Crippen molar-refractivity contribution < 1.29 is 27.6 Å². The first-order chi connectivity index (χ1) is 12.6. The normalized spacial score (nSPS) is 12.5. The number of halogens is 3. The monoisotopic (exact) mass is 383 g/mol. The summed E-state index contributed by atoms with van der Waals surface area (Å²) in [6.07, 6.45) is -4.73. The molecule has 0 saturated heterocycles. The molecule has 1 aromatic heterocycles. The lowest BCUT2D eigenvalue weighted by molar-refractivity contribution is -0.390. The van der Waals surface area contributed by atoms with Gasteiger partial charge in [0.05, 0.1) is 11.3 Å². The molecule has 144 valence electrons. The summed E-state index contributed by atoms with van der Waals surface area (Å²) in [6.45, 7) is 3.20. The van der Waals surface area contributed by atoms with E-state index in [1.807, 2.05) is 0 Å².